The Balaban J connectivity index is 2.13. The molecule has 2 atom stereocenters. The number of benzene rings is 1. The number of rotatable bonds is 2. The molecule has 1 aliphatic heterocycles. The van der Waals surface area contributed by atoms with Gasteiger partial charge in [-0.1, -0.05) is 18.2 Å². The maximum atomic E-state index is 13.0. The lowest BCUT2D eigenvalue weighted by Crippen LogP contribution is -2.44. The van der Waals surface area contributed by atoms with Crippen LogP contribution in [-0.2, 0) is 15.7 Å². The molecule has 0 aromatic heterocycles. The van der Waals surface area contributed by atoms with Crippen molar-refractivity contribution >= 4 is 5.97 Å². The van der Waals surface area contributed by atoms with E-state index in [-0.39, 0.29) is 17.5 Å². The molecule has 20 heavy (non-hydrogen) atoms. The zero-order chi connectivity index (χ0) is 14.8. The number of ether oxygens (including phenoxy) is 1. The van der Waals surface area contributed by atoms with Gasteiger partial charge in [0.15, 0.2) is 0 Å². The van der Waals surface area contributed by atoms with Crippen molar-refractivity contribution in [3.63, 3.8) is 0 Å². The van der Waals surface area contributed by atoms with E-state index in [1.165, 1.54) is 19.2 Å². The number of carbonyl (C=O) groups excluding carboxylic acids is 1. The number of halogens is 3. The van der Waals surface area contributed by atoms with Crippen LogP contribution in [0.15, 0.2) is 24.3 Å². The van der Waals surface area contributed by atoms with Gasteiger partial charge in [0.2, 0.25) is 0 Å². The van der Waals surface area contributed by atoms with Crippen LogP contribution < -0.4 is 5.32 Å². The van der Waals surface area contributed by atoms with E-state index in [0.717, 1.165) is 6.07 Å². The average molecular weight is 287 g/mol. The summed E-state index contributed by atoms with van der Waals surface area (Å²) in [6, 6.07) is 5.18. The van der Waals surface area contributed by atoms with Gasteiger partial charge in [-0.25, -0.2) is 0 Å². The van der Waals surface area contributed by atoms with E-state index in [1.807, 2.05) is 0 Å². The first-order valence-corrected chi connectivity index (χ1v) is 6.41. The number of hydrogen-bond donors (Lipinski definition) is 1. The summed E-state index contributed by atoms with van der Waals surface area (Å²) >= 11 is 0. The Hall–Kier alpha value is -1.56. The standard InChI is InChI=1S/C14H16F3NO2/c1-20-13(19)12-7-6-9(8-18-12)10-4-2-3-5-11(10)14(15,16)17/h2-5,9,12,18H,6-8H2,1H3/t9-,12-/m1/s1. The van der Waals surface area contributed by atoms with Crippen molar-refractivity contribution < 1.29 is 22.7 Å². The molecule has 0 amide bonds. The summed E-state index contributed by atoms with van der Waals surface area (Å²) in [5.41, 5.74) is -0.306. The normalized spacial score (nSPS) is 23.4. The molecular weight excluding hydrogens is 271 g/mol. The molecule has 0 unspecified atom stereocenters. The fourth-order valence-electron chi connectivity index (χ4n) is 2.58. The van der Waals surface area contributed by atoms with E-state index in [9.17, 15) is 18.0 Å². The third-order valence-electron chi connectivity index (χ3n) is 3.61. The lowest BCUT2D eigenvalue weighted by Gasteiger charge is -2.30. The first-order valence-electron chi connectivity index (χ1n) is 6.41. The average Bonchev–Trinajstić information content (AvgIpc) is 2.46. The Kier molecular flexibility index (Phi) is 4.32. The highest BCUT2D eigenvalue weighted by Crippen LogP contribution is 2.37. The molecule has 0 radical (unpaired) electrons. The van der Waals surface area contributed by atoms with E-state index in [0.29, 0.717) is 19.4 Å². The van der Waals surface area contributed by atoms with Crippen LogP contribution in [0.3, 0.4) is 0 Å². The molecule has 0 spiro atoms. The Morgan fingerprint density at radius 2 is 2.00 bits per heavy atom. The highest BCUT2D eigenvalue weighted by atomic mass is 19.4. The van der Waals surface area contributed by atoms with Crippen LogP contribution in [0.1, 0.15) is 29.9 Å². The molecule has 1 N–H and O–H groups in total. The summed E-state index contributed by atoms with van der Waals surface area (Å²) in [4.78, 5) is 11.4. The Morgan fingerprint density at radius 1 is 1.30 bits per heavy atom. The molecular formula is C14H16F3NO2. The maximum absolute atomic E-state index is 13.0. The topological polar surface area (TPSA) is 38.3 Å². The van der Waals surface area contributed by atoms with Crippen molar-refractivity contribution in [3.8, 4) is 0 Å². The van der Waals surface area contributed by atoms with Crippen molar-refractivity contribution in [3.05, 3.63) is 35.4 Å². The quantitative estimate of drug-likeness (QED) is 0.850. The molecule has 2 rings (SSSR count). The molecule has 110 valence electrons. The second kappa shape index (κ2) is 5.83. The minimum atomic E-state index is -4.35. The molecule has 3 nitrogen and oxygen atoms in total. The molecule has 1 fully saturated rings. The molecule has 0 aliphatic carbocycles. The van der Waals surface area contributed by atoms with Gasteiger partial charge in [-0.3, -0.25) is 4.79 Å². The summed E-state index contributed by atoms with van der Waals surface area (Å²) in [5.74, 6) is -0.610. The second-order valence-corrected chi connectivity index (χ2v) is 4.84. The monoisotopic (exact) mass is 287 g/mol. The minimum Gasteiger partial charge on any atom is -0.468 e. The molecule has 0 saturated carbocycles. The molecule has 6 heteroatoms. The predicted molar refractivity (Wildman–Crippen MR) is 67.2 cm³/mol. The van der Waals surface area contributed by atoms with E-state index in [1.54, 1.807) is 6.07 Å². The fourth-order valence-corrected chi connectivity index (χ4v) is 2.58. The number of carbonyl (C=O) groups is 1. The van der Waals surface area contributed by atoms with E-state index in [2.05, 4.69) is 10.1 Å². The van der Waals surface area contributed by atoms with Crippen molar-refractivity contribution in [1.29, 1.82) is 0 Å². The van der Waals surface area contributed by atoms with Gasteiger partial charge in [0.05, 0.1) is 12.7 Å². The van der Waals surface area contributed by atoms with Crippen LogP contribution in [0.4, 0.5) is 13.2 Å². The Labute approximate surface area is 115 Å². The minimum absolute atomic E-state index is 0.242. The van der Waals surface area contributed by atoms with Crippen LogP contribution in [0.5, 0.6) is 0 Å². The first-order chi connectivity index (χ1) is 9.43. The van der Waals surface area contributed by atoms with Crippen molar-refractivity contribution in [2.45, 2.75) is 31.0 Å². The summed E-state index contributed by atoms with van der Waals surface area (Å²) in [5, 5.41) is 2.96. The van der Waals surface area contributed by atoms with E-state index < -0.39 is 17.8 Å². The van der Waals surface area contributed by atoms with Crippen molar-refractivity contribution in [1.82, 2.24) is 5.32 Å². The van der Waals surface area contributed by atoms with Gasteiger partial charge in [-0.15, -0.1) is 0 Å². The highest BCUT2D eigenvalue weighted by molar-refractivity contribution is 5.75. The van der Waals surface area contributed by atoms with Crippen LogP contribution >= 0.6 is 0 Å². The number of esters is 1. The van der Waals surface area contributed by atoms with Gasteiger partial charge in [0.25, 0.3) is 0 Å². The summed E-state index contributed by atoms with van der Waals surface area (Å²) in [6.45, 7) is 0.340. The second-order valence-electron chi connectivity index (χ2n) is 4.84. The van der Waals surface area contributed by atoms with Crippen molar-refractivity contribution in [2.24, 2.45) is 0 Å². The number of alkyl halides is 3. The third kappa shape index (κ3) is 3.12. The number of hydrogen-bond acceptors (Lipinski definition) is 3. The number of methoxy groups -OCH3 is 1. The van der Waals surface area contributed by atoms with Gasteiger partial charge in [0, 0.05) is 6.54 Å². The van der Waals surface area contributed by atoms with Crippen molar-refractivity contribution in [2.75, 3.05) is 13.7 Å². The molecule has 1 saturated heterocycles. The van der Waals surface area contributed by atoms with Crippen LogP contribution in [0, 0.1) is 0 Å². The molecule has 1 heterocycles. The Bertz CT molecular complexity index is 480. The zero-order valence-corrected chi connectivity index (χ0v) is 11.0. The van der Waals surface area contributed by atoms with E-state index >= 15 is 0 Å². The van der Waals surface area contributed by atoms with Gasteiger partial charge in [0.1, 0.15) is 6.04 Å². The SMILES string of the molecule is COC(=O)[C@H]1CC[C@@H](c2ccccc2C(F)(F)F)CN1. The summed E-state index contributed by atoms with van der Waals surface area (Å²) in [7, 11) is 1.30. The molecule has 0 bridgehead atoms. The van der Waals surface area contributed by atoms with Gasteiger partial charge in [-0.2, -0.15) is 13.2 Å². The Morgan fingerprint density at radius 3 is 2.55 bits per heavy atom. The third-order valence-corrected chi connectivity index (χ3v) is 3.61. The molecule has 1 aromatic carbocycles. The number of nitrogens with one attached hydrogen (secondary N) is 1. The summed E-state index contributed by atoms with van der Waals surface area (Å²) in [6.07, 6.45) is -3.35. The lowest BCUT2D eigenvalue weighted by atomic mass is 9.86. The zero-order valence-electron chi connectivity index (χ0n) is 11.0. The van der Waals surface area contributed by atoms with Crippen LogP contribution in [0.2, 0.25) is 0 Å². The van der Waals surface area contributed by atoms with Crippen LogP contribution in [0.25, 0.3) is 0 Å². The molecule has 1 aromatic rings. The first kappa shape index (κ1) is 14.8. The highest BCUT2D eigenvalue weighted by Gasteiger charge is 2.36. The lowest BCUT2D eigenvalue weighted by molar-refractivity contribution is -0.144. The van der Waals surface area contributed by atoms with Gasteiger partial charge < -0.3 is 10.1 Å². The van der Waals surface area contributed by atoms with Gasteiger partial charge >= 0.3 is 12.1 Å². The fraction of sp³-hybridized carbons (Fsp3) is 0.500. The predicted octanol–water partition coefficient (Wildman–Crippen LogP) is 2.71. The molecule has 1 aliphatic rings. The van der Waals surface area contributed by atoms with Gasteiger partial charge in [-0.05, 0) is 30.4 Å². The number of piperidine rings is 1. The van der Waals surface area contributed by atoms with Crippen LogP contribution in [-0.4, -0.2) is 25.7 Å². The summed E-state index contributed by atoms with van der Waals surface area (Å²) < 4.78 is 43.5. The van der Waals surface area contributed by atoms with E-state index in [4.69, 9.17) is 0 Å². The largest absolute Gasteiger partial charge is 0.468 e. The maximum Gasteiger partial charge on any atom is 0.416 e. The smallest absolute Gasteiger partial charge is 0.416 e.